The van der Waals surface area contributed by atoms with Crippen LogP contribution in [0.1, 0.15) is 57.8 Å². The number of fused-ring (bicyclic) bond motifs is 1. The van der Waals surface area contributed by atoms with Gasteiger partial charge in [-0.3, -0.25) is 0 Å². The maximum atomic E-state index is 11.0. The van der Waals surface area contributed by atoms with Crippen LogP contribution in [0.25, 0.3) is 0 Å². The fourth-order valence-corrected chi connectivity index (χ4v) is 6.28. The van der Waals surface area contributed by atoms with Crippen molar-refractivity contribution in [3.63, 3.8) is 0 Å². The summed E-state index contributed by atoms with van der Waals surface area (Å²) in [6, 6.07) is 9.96. The predicted octanol–water partition coefficient (Wildman–Crippen LogP) is 5.33. The van der Waals surface area contributed by atoms with Crippen molar-refractivity contribution in [3.05, 3.63) is 51.2 Å². The predicted molar refractivity (Wildman–Crippen MR) is 120 cm³/mol. The van der Waals surface area contributed by atoms with Gasteiger partial charge in [-0.2, -0.15) is 0 Å². The molecule has 2 aliphatic rings. The number of ether oxygens (including phenoxy) is 1. The van der Waals surface area contributed by atoms with E-state index >= 15 is 0 Å². The zero-order valence-electron chi connectivity index (χ0n) is 17.1. The molecule has 1 fully saturated rings. The van der Waals surface area contributed by atoms with E-state index in [2.05, 4.69) is 18.2 Å². The van der Waals surface area contributed by atoms with Crippen molar-refractivity contribution in [2.75, 3.05) is 6.61 Å². The Kier molecular flexibility index (Phi) is 7.01. The largest absolute Gasteiger partial charge is 0.493 e. The lowest BCUT2D eigenvalue weighted by molar-refractivity contribution is 0.0701. The van der Waals surface area contributed by atoms with Gasteiger partial charge in [0.15, 0.2) is 0 Å². The van der Waals surface area contributed by atoms with E-state index in [4.69, 9.17) is 21.4 Å². The number of aliphatic hydroxyl groups is 1. The van der Waals surface area contributed by atoms with E-state index in [1.54, 1.807) is 6.07 Å². The lowest BCUT2D eigenvalue weighted by atomic mass is 9.90. The van der Waals surface area contributed by atoms with E-state index in [-0.39, 0.29) is 17.2 Å². The van der Waals surface area contributed by atoms with Gasteiger partial charge in [0.1, 0.15) is 10.6 Å². The van der Waals surface area contributed by atoms with Gasteiger partial charge in [0.05, 0.1) is 12.7 Å². The number of benzene rings is 1. The van der Waals surface area contributed by atoms with Crippen molar-refractivity contribution in [1.29, 1.82) is 0 Å². The van der Waals surface area contributed by atoms with Gasteiger partial charge in [-0.25, -0.2) is 4.79 Å². The molecule has 162 valence electrons. The van der Waals surface area contributed by atoms with Crippen LogP contribution >= 0.6 is 22.9 Å². The summed E-state index contributed by atoms with van der Waals surface area (Å²) in [6.45, 7) is 0.482. The second kappa shape index (κ2) is 9.71. The highest BCUT2D eigenvalue weighted by Gasteiger charge is 2.41. The molecule has 1 aromatic heterocycles. The maximum Gasteiger partial charge on any atom is 0.345 e. The number of halogens is 1. The molecule has 1 heterocycles. The molecule has 2 aromatic rings. The van der Waals surface area contributed by atoms with Gasteiger partial charge in [-0.15, -0.1) is 22.9 Å². The molecule has 0 spiro atoms. The van der Waals surface area contributed by atoms with Crippen LogP contribution < -0.4 is 4.74 Å². The Hall–Kier alpha value is -1.56. The Balaban J connectivity index is 1.32. The summed E-state index contributed by atoms with van der Waals surface area (Å²) in [5, 5.41) is 19.6. The number of hydrogen-bond donors (Lipinski definition) is 2. The van der Waals surface area contributed by atoms with Crippen LogP contribution in [-0.4, -0.2) is 34.3 Å². The van der Waals surface area contributed by atoms with Crippen LogP contribution in [0.3, 0.4) is 0 Å². The highest BCUT2D eigenvalue weighted by Crippen LogP contribution is 2.40. The van der Waals surface area contributed by atoms with Gasteiger partial charge in [-0.1, -0.05) is 6.07 Å². The summed E-state index contributed by atoms with van der Waals surface area (Å²) in [4.78, 5) is 12.5. The molecular weight excluding hydrogens is 420 g/mol. The second-order valence-corrected chi connectivity index (χ2v) is 10.3. The minimum Gasteiger partial charge on any atom is -0.493 e. The van der Waals surface area contributed by atoms with E-state index < -0.39 is 12.1 Å². The van der Waals surface area contributed by atoms with E-state index in [1.165, 1.54) is 35.3 Å². The highest BCUT2D eigenvalue weighted by atomic mass is 35.5. The summed E-state index contributed by atoms with van der Waals surface area (Å²) in [6.07, 6.45) is 7.63. The molecule has 1 aromatic carbocycles. The Morgan fingerprint density at radius 3 is 2.70 bits per heavy atom. The number of carbonyl (C=O) groups is 1. The van der Waals surface area contributed by atoms with Crippen molar-refractivity contribution < 1.29 is 19.7 Å². The average molecular weight is 449 g/mol. The zero-order valence-corrected chi connectivity index (χ0v) is 18.6. The first-order chi connectivity index (χ1) is 14.5. The van der Waals surface area contributed by atoms with Crippen LogP contribution in [0.2, 0.25) is 0 Å². The van der Waals surface area contributed by atoms with E-state index in [1.807, 2.05) is 6.07 Å². The first-order valence-electron chi connectivity index (χ1n) is 10.9. The number of carboxylic acid groups (broad SMARTS) is 1. The summed E-state index contributed by atoms with van der Waals surface area (Å²) in [7, 11) is 0. The van der Waals surface area contributed by atoms with Crippen molar-refractivity contribution in [3.8, 4) is 5.75 Å². The first kappa shape index (κ1) is 21.7. The number of aliphatic hydroxyl groups excluding tert-OH is 1. The van der Waals surface area contributed by atoms with Crippen molar-refractivity contribution >= 4 is 28.9 Å². The number of alkyl halides is 1. The van der Waals surface area contributed by atoms with Gasteiger partial charge >= 0.3 is 5.97 Å². The van der Waals surface area contributed by atoms with E-state index in [0.717, 1.165) is 42.7 Å². The summed E-state index contributed by atoms with van der Waals surface area (Å²) >= 11 is 7.92. The summed E-state index contributed by atoms with van der Waals surface area (Å²) < 4.78 is 6.12. The molecular formula is C24H29ClO4S. The van der Waals surface area contributed by atoms with Gasteiger partial charge < -0.3 is 14.9 Å². The Bertz CT molecular complexity index is 880. The molecule has 4 atom stereocenters. The molecule has 4 nitrogen and oxygen atoms in total. The first-order valence-corrected chi connectivity index (χ1v) is 12.2. The van der Waals surface area contributed by atoms with Crippen LogP contribution in [0.15, 0.2) is 30.3 Å². The lowest BCUT2D eigenvalue weighted by Gasteiger charge is -2.24. The van der Waals surface area contributed by atoms with Crippen LogP contribution in [0, 0.1) is 11.8 Å². The molecule has 6 heteroatoms. The minimum atomic E-state index is -0.870. The number of aryl methyl sites for hydroxylation is 3. The third kappa shape index (κ3) is 5.01. The number of carboxylic acids is 1. The van der Waals surface area contributed by atoms with Gasteiger partial charge in [0.25, 0.3) is 0 Å². The molecule has 2 N–H and O–H groups in total. The number of thiophene rings is 1. The van der Waals surface area contributed by atoms with Gasteiger partial charge in [0, 0.05) is 16.2 Å². The molecule has 0 unspecified atom stereocenters. The molecule has 0 aliphatic heterocycles. The molecule has 4 rings (SSSR count). The molecule has 1 saturated carbocycles. The number of aromatic carboxylic acids is 1. The average Bonchev–Trinajstić information content (AvgIpc) is 3.31. The highest BCUT2D eigenvalue weighted by molar-refractivity contribution is 7.13. The molecule has 2 aliphatic carbocycles. The molecule has 0 radical (unpaired) electrons. The number of rotatable bonds is 8. The Labute approximate surface area is 186 Å². The van der Waals surface area contributed by atoms with Crippen LogP contribution in [0.4, 0.5) is 0 Å². The standard InChI is InChI=1S/C24H29ClO4S/c25-21-13-22(26)20(14-29-17-9-8-15-4-1-2-5-16(15)12-17)19(21)7-3-6-18-10-11-23(30-18)24(27)28/h8-12,19-22,26H,1-7,13-14H2,(H,27,28)/t19-,20-,21-,22-/m1/s1. The van der Waals surface area contributed by atoms with E-state index in [9.17, 15) is 9.90 Å². The maximum absolute atomic E-state index is 11.0. The van der Waals surface area contributed by atoms with E-state index in [0.29, 0.717) is 17.9 Å². The van der Waals surface area contributed by atoms with Gasteiger partial charge in [-0.05, 0) is 92.7 Å². The second-order valence-electron chi connectivity index (χ2n) is 8.56. The Morgan fingerprint density at radius 1 is 1.13 bits per heavy atom. The smallest absolute Gasteiger partial charge is 0.345 e. The van der Waals surface area contributed by atoms with Crippen molar-refractivity contribution in [1.82, 2.24) is 0 Å². The topological polar surface area (TPSA) is 66.8 Å². The van der Waals surface area contributed by atoms with Crippen LogP contribution in [-0.2, 0) is 19.3 Å². The fourth-order valence-electron chi connectivity index (χ4n) is 4.89. The normalized spacial score (nSPS) is 25.8. The molecule has 30 heavy (non-hydrogen) atoms. The molecule has 0 bridgehead atoms. The van der Waals surface area contributed by atoms with Crippen molar-refractivity contribution in [2.45, 2.75) is 62.8 Å². The quantitative estimate of drug-likeness (QED) is 0.535. The third-order valence-electron chi connectivity index (χ3n) is 6.57. The monoisotopic (exact) mass is 448 g/mol. The van der Waals surface area contributed by atoms with Crippen LogP contribution in [0.5, 0.6) is 5.75 Å². The van der Waals surface area contributed by atoms with Crippen molar-refractivity contribution in [2.24, 2.45) is 11.8 Å². The Morgan fingerprint density at radius 2 is 1.93 bits per heavy atom. The lowest BCUT2D eigenvalue weighted by Crippen LogP contribution is -2.27. The third-order valence-corrected chi connectivity index (χ3v) is 8.21. The molecule has 0 amide bonds. The zero-order chi connectivity index (χ0) is 21.1. The van der Waals surface area contributed by atoms with Gasteiger partial charge in [0.2, 0.25) is 0 Å². The summed E-state index contributed by atoms with van der Waals surface area (Å²) in [5.74, 6) is 0.254. The summed E-state index contributed by atoms with van der Waals surface area (Å²) in [5.41, 5.74) is 2.84. The molecule has 0 saturated heterocycles. The minimum absolute atomic E-state index is 0.0291. The SMILES string of the molecule is O=C(O)c1ccc(CCC[C@@H]2[C@@H](COc3ccc4c(c3)CCCC4)[C@H](O)C[C@H]2Cl)s1. The fraction of sp³-hybridized carbons (Fsp3) is 0.542. The number of hydrogen-bond acceptors (Lipinski definition) is 4.